The molecule has 6 heteroatoms. The summed E-state index contributed by atoms with van der Waals surface area (Å²) >= 11 is 0. The summed E-state index contributed by atoms with van der Waals surface area (Å²) in [5, 5.41) is 2.96. The number of carbonyl (C=O) groups excluding carboxylic acids is 1. The smallest absolute Gasteiger partial charge is 0.220 e. The predicted octanol–water partition coefficient (Wildman–Crippen LogP) is 3.67. The van der Waals surface area contributed by atoms with Gasteiger partial charge in [-0.2, -0.15) is 0 Å². The highest BCUT2D eigenvalue weighted by molar-refractivity contribution is 5.75. The van der Waals surface area contributed by atoms with E-state index in [0.29, 0.717) is 32.1 Å². The maximum Gasteiger partial charge on any atom is 0.220 e. The number of hydrogen-bond donors (Lipinski definition) is 1. The number of rotatable bonds is 7. The van der Waals surface area contributed by atoms with E-state index in [9.17, 15) is 4.79 Å². The molecule has 0 aliphatic carbocycles. The second kappa shape index (κ2) is 9.35. The molecule has 1 saturated heterocycles. The molecule has 2 aliphatic heterocycles. The van der Waals surface area contributed by atoms with Crippen LogP contribution >= 0.6 is 0 Å². The van der Waals surface area contributed by atoms with Crippen molar-refractivity contribution < 1.29 is 18.7 Å². The first-order chi connectivity index (χ1) is 14.2. The van der Waals surface area contributed by atoms with Crippen LogP contribution in [0.2, 0.25) is 0 Å². The average molecular weight is 399 g/mol. The molecule has 0 spiro atoms. The van der Waals surface area contributed by atoms with Gasteiger partial charge >= 0.3 is 0 Å². The minimum atomic E-state index is 0.100. The molecule has 1 amide bonds. The van der Waals surface area contributed by atoms with Crippen LogP contribution in [-0.2, 0) is 17.9 Å². The largest absolute Gasteiger partial charge is 0.486 e. The van der Waals surface area contributed by atoms with Gasteiger partial charge in [-0.25, -0.2) is 0 Å². The second-order valence-corrected chi connectivity index (χ2v) is 8.05. The second-order valence-electron chi connectivity index (χ2n) is 8.05. The molecule has 4 rings (SSSR count). The van der Waals surface area contributed by atoms with Crippen LogP contribution in [0.3, 0.4) is 0 Å². The molecule has 1 atom stereocenters. The number of aryl methyl sites for hydroxylation is 1. The number of amides is 1. The Labute approximate surface area is 172 Å². The molecule has 1 N–H and O–H groups in total. The summed E-state index contributed by atoms with van der Waals surface area (Å²) in [6.07, 6.45) is 3.88. The minimum absolute atomic E-state index is 0.100. The molecule has 2 aliphatic rings. The molecule has 1 fully saturated rings. The third kappa shape index (κ3) is 5.54. The molecule has 2 aromatic rings. The molecule has 156 valence electrons. The van der Waals surface area contributed by atoms with Crippen LogP contribution in [0.1, 0.15) is 42.8 Å². The van der Waals surface area contributed by atoms with E-state index < -0.39 is 0 Å². The highest BCUT2D eigenvalue weighted by Gasteiger charge is 2.21. The molecule has 29 heavy (non-hydrogen) atoms. The summed E-state index contributed by atoms with van der Waals surface area (Å²) in [5.74, 6) is 4.03. The zero-order valence-electron chi connectivity index (χ0n) is 17.1. The van der Waals surface area contributed by atoms with Crippen molar-refractivity contribution in [2.24, 2.45) is 5.92 Å². The van der Waals surface area contributed by atoms with Crippen LogP contribution in [0.5, 0.6) is 11.5 Å². The van der Waals surface area contributed by atoms with E-state index >= 15 is 0 Å². The maximum absolute atomic E-state index is 12.2. The van der Waals surface area contributed by atoms with Gasteiger partial charge in [0.05, 0.1) is 6.54 Å². The maximum atomic E-state index is 12.2. The van der Waals surface area contributed by atoms with Gasteiger partial charge in [-0.3, -0.25) is 9.69 Å². The lowest BCUT2D eigenvalue weighted by molar-refractivity contribution is -0.121. The number of carbonyl (C=O) groups is 1. The average Bonchev–Trinajstić information content (AvgIpc) is 3.16. The molecular formula is C23H30N2O4. The number of ether oxygens (including phenoxy) is 2. The number of furan rings is 1. The molecule has 0 bridgehead atoms. The first kappa shape index (κ1) is 19.8. The Kier molecular flexibility index (Phi) is 6.39. The van der Waals surface area contributed by atoms with Gasteiger partial charge in [-0.1, -0.05) is 6.07 Å². The Morgan fingerprint density at radius 1 is 1.17 bits per heavy atom. The lowest BCUT2D eigenvalue weighted by Crippen LogP contribution is -2.35. The summed E-state index contributed by atoms with van der Waals surface area (Å²) in [6, 6.07) is 10.1. The van der Waals surface area contributed by atoms with Crippen LogP contribution in [0, 0.1) is 12.8 Å². The van der Waals surface area contributed by atoms with Crippen molar-refractivity contribution in [2.75, 3.05) is 26.3 Å². The van der Waals surface area contributed by atoms with Gasteiger partial charge in [0.2, 0.25) is 5.91 Å². The first-order valence-electron chi connectivity index (χ1n) is 10.6. The van der Waals surface area contributed by atoms with E-state index in [1.807, 2.05) is 25.1 Å². The monoisotopic (exact) mass is 398 g/mol. The van der Waals surface area contributed by atoms with Crippen LogP contribution < -0.4 is 14.8 Å². The lowest BCUT2D eigenvalue weighted by Gasteiger charge is -2.33. The normalized spacial score (nSPS) is 19.1. The first-order valence-corrected chi connectivity index (χ1v) is 10.6. The van der Waals surface area contributed by atoms with Crippen molar-refractivity contribution in [3.63, 3.8) is 0 Å². The molecule has 6 nitrogen and oxygen atoms in total. The topological polar surface area (TPSA) is 63.9 Å². The van der Waals surface area contributed by atoms with Gasteiger partial charge in [0, 0.05) is 19.5 Å². The standard InChI is InChI=1S/C23H30N2O4/c1-17-4-7-20(29-17)14-24-23(26)9-6-18-3-2-10-25(15-18)16-19-5-8-21-22(13-19)28-12-11-27-21/h4-5,7-8,13,18H,2-3,6,9-12,14-16H2,1H3,(H,24,26). The number of piperidine rings is 1. The van der Waals surface area contributed by atoms with Crippen LogP contribution in [0.15, 0.2) is 34.7 Å². The Morgan fingerprint density at radius 2 is 2.03 bits per heavy atom. The number of nitrogens with one attached hydrogen (secondary N) is 1. The summed E-state index contributed by atoms with van der Waals surface area (Å²) in [4.78, 5) is 14.7. The summed E-state index contributed by atoms with van der Waals surface area (Å²) < 4.78 is 16.8. The van der Waals surface area contributed by atoms with Crippen molar-refractivity contribution in [1.82, 2.24) is 10.2 Å². The van der Waals surface area contributed by atoms with Crippen molar-refractivity contribution >= 4 is 5.91 Å². The molecule has 0 saturated carbocycles. The van der Waals surface area contributed by atoms with Gasteiger partial charge < -0.3 is 19.2 Å². The molecule has 3 heterocycles. The van der Waals surface area contributed by atoms with E-state index in [1.165, 1.54) is 18.4 Å². The number of fused-ring (bicyclic) bond motifs is 1. The summed E-state index contributed by atoms with van der Waals surface area (Å²) in [6.45, 7) is 6.67. The number of nitrogens with zero attached hydrogens (tertiary/aromatic N) is 1. The van der Waals surface area contributed by atoms with E-state index in [1.54, 1.807) is 0 Å². The van der Waals surface area contributed by atoms with Gasteiger partial charge in [-0.15, -0.1) is 0 Å². The quantitative estimate of drug-likeness (QED) is 0.771. The minimum Gasteiger partial charge on any atom is -0.486 e. The van der Waals surface area contributed by atoms with E-state index in [0.717, 1.165) is 49.1 Å². The van der Waals surface area contributed by atoms with Crippen LogP contribution in [-0.4, -0.2) is 37.1 Å². The Bertz CT molecular complexity index is 832. The molecule has 1 unspecified atom stereocenters. The molecule has 1 aromatic heterocycles. The van der Waals surface area contributed by atoms with Crippen molar-refractivity contribution in [3.05, 3.63) is 47.4 Å². The van der Waals surface area contributed by atoms with Crippen molar-refractivity contribution in [1.29, 1.82) is 0 Å². The van der Waals surface area contributed by atoms with Crippen LogP contribution in [0.4, 0.5) is 0 Å². The van der Waals surface area contributed by atoms with Crippen LogP contribution in [0.25, 0.3) is 0 Å². The molecule has 0 radical (unpaired) electrons. The van der Waals surface area contributed by atoms with Gasteiger partial charge in [0.1, 0.15) is 24.7 Å². The Morgan fingerprint density at radius 3 is 2.86 bits per heavy atom. The molecule has 1 aromatic carbocycles. The van der Waals surface area contributed by atoms with E-state index in [4.69, 9.17) is 13.9 Å². The number of likely N-dealkylation sites (tertiary alicyclic amines) is 1. The van der Waals surface area contributed by atoms with Gasteiger partial charge in [0.25, 0.3) is 0 Å². The Hall–Kier alpha value is -2.47. The number of hydrogen-bond acceptors (Lipinski definition) is 5. The zero-order valence-corrected chi connectivity index (χ0v) is 17.1. The van der Waals surface area contributed by atoms with Gasteiger partial charge in [0.15, 0.2) is 11.5 Å². The summed E-state index contributed by atoms with van der Waals surface area (Å²) in [7, 11) is 0. The molecular weight excluding hydrogens is 368 g/mol. The Balaban J connectivity index is 1.21. The highest BCUT2D eigenvalue weighted by atomic mass is 16.6. The third-order valence-corrected chi connectivity index (χ3v) is 5.65. The third-order valence-electron chi connectivity index (χ3n) is 5.65. The van der Waals surface area contributed by atoms with Crippen molar-refractivity contribution in [2.45, 2.75) is 45.7 Å². The summed E-state index contributed by atoms with van der Waals surface area (Å²) in [5.41, 5.74) is 1.25. The number of benzene rings is 1. The fourth-order valence-corrected chi connectivity index (χ4v) is 4.16. The van der Waals surface area contributed by atoms with E-state index in [-0.39, 0.29) is 5.91 Å². The van der Waals surface area contributed by atoms with E-state index in [2.05, 4.69) is 22.3 Å². The zero-order chi connectivity index (χ0) is 20.1. The lowest BCUT2D eigenvalue weighted by atomic mass is 9.93. The highest BCUT2D eigenvalue weighted by Crippen LogP contribution is 2.31. The SMILES string of the molecule is Cc1ccc(CNC(=O)CCC2CCCN(Cc3ccc4c(c3)OCCO4)C2)o1. The van der Waals surface area contributed by atoms with Crippen molar-refractivity contribution in [3.8, 4) is 11.5 Å². The fourth-order valence-electron chi connectivity index (χ4n) is 4.16. The van der Waals surface area contributed by atoms with Gasteiger partial charge in [-0.05, 0) is 68.5 Å². The predicted molar refractivity (Wildman–Crippen MR) is 110 cm³/mol. The fraction of sp³-hybridized carbons (Fsp3) is 0.522.